The van der Waals surface area contributed by atoms with Gasteiger partial charge in [-0.1, -0.05) is 18.2 Å². The van der Waals surface area contributed by atoms with Crippen molar-refractivity contribution in [3.63, 3.8) is 0 Å². The molecule has 1 aliphatic heterocycles. The average molecular weight is 531 g/mol. The van der Waals surface area contributed by atoms with Gasteiger partial charge in [0.05, 0.1) is 27.3 Å². The summed E-state index contributed by atoms with van der Waals surface area (Å²) in [5.74, 6) is -0.784. The Bertz CT molecular complexity index is 1330. The van der Waals surface area contributed by atoms with Crippen LogP contribution in [0.25, 0.3) is 0 Å². The Balaban J connectivity index is 1.74. The van der Waals surface area contributed by atoms with Crippen LogP contribution in [0.1, 0.15) is 30.4 Å². The van der Waals surface area contributed by atoms with Gasteiger partial charge in [-0.15, -0.1) is 0 Å². The van der Waals surface area contributed by atoms with Crippen molar-refractivity contribution in [1.29, 1.82) is 5.26 Å². The number of anilines is 1. The third-order valence-electron chi connectivity index (χ3n) is 6.33. The number of rotatable bonds is 5. The van der Waals surface area contributed by atoms with E-state index < -0.39 is 73.9 Å². The van der Waals surface area contributed by atoms with Gasteiger partial charge in [-0.25, -0.2) is 8.42 Å². The number of carbonyl (C=O) groups excluding carboxylic acids is 1. The predicted molar refractivity (Wildman–Crippen MR) is 115 cm³/mol. The van der Waals surface area contributed by atoms with Crippen LogP contribution in [0.15, 0.2) is 53.4 Å². The van der Waals surface area contributed by atoms with Gasteiger partial charge in [0, 0.05) is 12.2 Å². The molecule has 0 bridgehead atoms. The van der Waals surface area contributed by atoms with Crippen molar-refractivity contribution in [2.45, 2.75) is 53.3 Å². The molecule has 2 aromatic carbocycles. The highest BCUT2D eigenvalue weighted by atomic mass is 32.2. The topological polar surface area (TPSA) is 90.3 Å². The molecule has 2 unspecified atom stereocenters. The second-order valence-electron chi connectivity index (χ2n) is 8.80. The summed E-state index contributed by atoms with van der Waals surface area (Å²) in [7, 11) is -4.66. The number of alkyl halides is 6. The van der Waals surface area contributed by atoms with Crippen LogP contribution in [0.2, 0.25) is 0 Å². The zero-order valence-corrected chi connectivity index (χ0v) is 19.2. The van der Waals surface area contributed by atoms with E-state index in [-0.39, 0.29) is 5.69 Å². The van der Waals surface area contributed by atoms with Gasteiger partial charge in [0.25, 0.3) is 0 Å². The Morgan fingerprint density at radius 1 is 1.03 bits per heavy atom. The summed E-state index contributed by atoms with van der Waals surface area (Å²) in [6.45, 7) is -0.520. The summed E-state index contributed by atoms with van der Waals surface area (Å²) >= 11 is 0. The normalized spacial score (nSPS) is 21.6. The Morgan fingerprint density at radius 3 is 2.28 bits per heavy atom. The first-order valence-electron chi connectivity index (χ1n) is 10.8. The molecule has 1 amide bonds. The van der Waals surface area contributed by atoms with Gasteiger partial charge in [0.1, 0.15) is 11.6 Å². The van der Waals surface area contributed by atoms with E-state index in [1.807, 2.05) is 6.07 Å². The summed E-state index contributed by atoms with van der Waals surface area (Å²) in [6, 6.07) is 8.13. The van der Waals surface area contributed by atoms with Crippen molar-refractivity contribution in [2.75, 3.05) is 11.4 Å². The lowest BCUT2D eigenvalue weighted by Crippen LogP contribution is -2.47. The Hall–Kier alpha value is -3.27. The molecule has 13 heteroatoms. The molecular formula is C23H19F6N3O3S. The molecule has 2 atom stereocenters. The maximum absolute atomic E-state index is 13.5. The van der Waals surface area contributed by atoms with Gasteiger partial charge in [-0.3, -0.25) is 4.79 Å². The second kappa shape index (κ2) is 8.69. The summed E-state index contributed by atoms with van der Waals surface area (Å²) in [5, 5.41) is 10.3. The summed E-state index contributed by atoms with van der Waals surface area (Å²) in [4.78, 5) is 13.2. The number of benzene rings is 2. The van der Waals surface area contributed by atoms with E-state index in [4.69, 9.17) is 0 Å². The van der Waals surface area contributed by atoms with Crippen LogP contribution >= 0.6 is 0 Å². The van der Waals surface area contributed by atoms with Crippen LogP contribution < -0.4 is 10.2 Å². The van der Waals surface area contributed by atoms with Crippen LogP contribution in [0, 0.1) is 11.3 Å². The molecule has 1 saturated heterocycles. The molecule has 1 heterocycles. The van der Waals surface area contributed by atoms with Crippen molar-refractivity contribution in [3.8, 4) is 6.07 Å². The molecule has 2 aromatic rings. The first-order chi connectivity index (χ1) is 16.7. The number of carbonyl (C=O) groups is 1. The Kier molecular flexibility index (Phi) is 6.23. The molecule has 2 fully saturated rings. The third kappa shape index (κ3) is 4.86. The van der Waals surface area contributed by atoms with E-state index in [1.54, 1.807) is 0 Å². The van der Waals surface area contributed by atoms with E-state index >= 15 is 0 Å². The standard InChI is InChI=1S/C23H19F6N3O3S/c24-22(25,26)14-4-3-5-15(10-14)32-12-16(11-18(32)20(33)31-21(13-30)8-9-21)36(34,35)19-7-2-1-6-17(19)23(27,28)29/h1-7,10,16,18H,8-9,11-12H2,(H,31,33). The highest BCUT2D eigenvalue weighted by Crippen LogP contribution is 2.40. The van der Waals surface area contributed by atoms with Gasteiger partial charge in [-0.2, -0.15) is 31.6 Å². The molecule has 2 aliphatic rings. The molecule has 1 N–H and O–H groups in total. The molecule has 0 aromatic heterocycles. The van der Waals surface area contributed by atoms with Crippen molar-refractivity contribution in [3.05, 3.63) is 59.7 Å². The van der Waals surface area contributed by atoms with Crippen molar-refractivity contribution in [1.82, 2.24) is 5.32 Å². The van der Waals surface area contributed by atoms with Gasteiger partial charge in [-0.05, 0) is 49.6 Å². The van der Waals surface area contributed by atoms with Crippen molar-refractivity contribution >= 4 is 21.4 Å². The minimum absolute atomic E-state index is 0.117. The number of nitriles is 1. The smallest absolute Gasteiger partial charge is 0.358 e. The van der Waals surface area contributed by atoms with E-state index in [1.165, 1.54) is 6.07 Å². The fraction of sp³-hybridized carbons (Fsp3) is 0.391. The molecule has 192 valence electrons. The zero-order valence-electron chi connectivity index (χ0n) is 18.4. The number of nitrogens with zero attached hydrogens (tertiary/aromatic N) is 2. The minimum Gasteiger partial charge on any atom is -0.358 e. The quantitative estimate of drug-likeness (QED) is 0.581. The van der Waals surface area contributed by atoms with Crippen LogP contribution in [0.4, 0.5) is 32.0 Å². The largest absolute Gasteiger partial charge is 0.417 e. The summed E-state index contributed by atoms with van der Waals surface area (Å²) < 4.78 is 107. The number of nitrogens with one attached hydrogen (secondary N) is 1. The maximum atomic E-state index is 13.5. The molecule has 0 spiro atoms. The van der Waals surface area contributed by atoms with E-state index in [2.05, 4.69) is 5.32 Å². The van der Waals surface area contributed by atoms with Crippen molar-refractivity contribution in [2.24, 2.45) is 0 Å². The van der Waals surface area contributed by atoms with Gasteiger partial charge in [0.2, 0.25) is 5.91 Å². The van der Waals surface area contributed by atoms with E-state index in [9.17, 15) is 44.8 Å². The lowest BCUT2D eigenvalue weighted by molar-refractivity contribution is -0.140. The lowest BCUT2D eigenvalue weighted by Gasteiger charge is -2.27. The molecular weight excluding hydrogens is 512 g/mol. The second-order valence-corrected chi connectivity index (χ2v) is 11.0. The van der Waals surface area contributed by atoms with E-state index in [0.717, 1.165) is 41.3 Å². The fourth-order valence-electron chi connectivity index (χ4n) is 4.25. The number of halogens is 6. The highest BCUT2D eigenvalue weighted by Gasteiger charge is 2.50. The summed E-state index contributed by atoms with van der Waals surface area (Å²) in [6.07, 6.45) is -9.45. The Morgan fingerprint density at radius 2 is 1.69 bits per heavy atom. The van der Waals surface area contributed by atoms with Gasteiger partial charge >= 0.3 is 12.4 Å². The maximum Gasteiger partial charge on any atom is 0.417 e. The predicted octanol–water partition coefficient (Wildman–Crippen LogP) is 4.32. The molecule has 1 saturated carbocycles. The molecule has 4 rings (SSSR count). The first-order valence-corrected chi connectivity index (χ1v) is 12.3. The van der Waals surface area contributed by atoms with Gasteiger partial charge in [0.15, 0.2) is 9.84 Å². The van der Waals surface area contributed by atoms with Crippen LogP contribution in [0.3, 0.4) is 0 Å². The highest BCUT2D eigenvalue weighted by molar-refractivity contribution is 7.92. The summed E-state index contributed by atoms with van der Waals surface area (Å²) in [5.41, 5.74) is -3.67. The molecule has 36 heavy (non-hydrogen) atoms. The van der Waals surface area contributed by atoms with E-state index in [0.29, 0.717) is 18.9 Å². The van der Waals surface area contributed by atoms with Gasteiger partial charge < -0.3 is 10.2 Å². The van der Waals surface area contributed by atoms with Crippen LogP contribution in [0.5, 0.6) is 0 Å². The van der Waals surface area contributed by atoms with Crippen molar-refractivity contribution < 1.29 is 39.6 Å². The van der Waals surface area contributed by atoms with Crippen LogP contribution in [-0.2, 0) is 27.0 Å². The number of hydrogen-bond acceptors (Lipinski definition) is 5. The SMILES string of the molecule is N#CC1(NC(=O)C2CC(S(=O)(=O)c3ccccc3C(F)(F)F)CN2c2cccc(C(F)(F)F)c2)CC1. The lowest BCUT2D eigenvalue weighted by atomic mass is 10.1. The molecule has 0 radical (unpaired) electrons. The third-order valence-corrected chi connectivity index (χ3v) is 8.52. The molecule has 1 aliphatic carbocycles. The monoisotopic (exact) mass is 531 g/mol. The number of hydrogen-bond donors (Lipinski definition) is 1. The fourth-order valence-corrected chi connectivity index (χ4v) is 6.16. The Labute approximate surface area is 202 Å². The molecule has 6 nitrogen and oxygen atoms in total. The first kappa shape index (κ1) is 25.8. The number of amides is 1. The van der Waals surface area contributed by atoms with Crippen LogP contribution in [-0.4, -0.2) is 37.7 Å². The zero-order chi connectivity index (χ0) is 26.5. The average Bonchev–Trinajstić information content (AvgIpc) is 3.43. The minimum atomic E-state index is -4.97. The number of sulfone groups is 1.